The monoisotopic (exact) mass is 414 g/mol. The number of urea groups is 1. The van der Waals surface area contributed by atoms with Crippen LogP contribution in [0.25, 0.3) is 0 Å². The molecule has 3 amide bonds. The third kappa shape index (κ3) is 5.45. The van der Waals surface area contributed by atoms with E-state index in [4.69, 9.17) is 4.74 Å². The Balaban J connectivity index is 1.43. The Labute approximate surface area is 178 Å². The van der Waals surface area contributed by atoms with E-state index in [1.807, 2.05) is 12.1 Å². The van der Waals surface area contributed by atoms with Crippen LogP contribution < -0.4 is 20.9 Å². The SMILES string of the molecule is O=C(Nc1ccc(N2CCCC2)c(C(=O)NC[C@H]2CCCO2)c1)NC1CCCCC1. The number of hydrogen-bond acceptors (Lipinski definition) is 4. The van der Waals surface area contributed by atoms with Gasteiger partial charge in [0.2, 0.25) is 0 Å². The van der Waals surface area contributed by atoms with E-state index in [-0.39, 0.29) is 24.1 Å². The second kappa shape index (κ2) is 10.2. The van der Waals surface area contributed by atoms with Gasteiger partial charge in [-0.15, -0.1) is 0 Å². The van der Waals surface area contributed by atoms with Gasteiger partial charge < -0.3 is 25.6 Å². The molecule has 164 valence electrons. The third-order valence-electron chi connectivity index (χ3n) is 6.40. The van der Waals surface area contributed by atoms with Crippen LogP contribution >= 0.6 is 0 Å². The number of anilines is 2. The predicted molar refractivity (Wildman–Crippen MR) is 118 cm³/mol. The Kier molecular flexibility index (Phi) is 7.10. The lowest BCUT2D eigenvalue weighted by Gasteiger charge is -2.24. The molecule has 1 aromatic carbocycles. The van der Waals surface area contributed by atoms with Crippen molar-refractivity contribution in [2.45, 2.75) is 69.9 Å². The highest BCUT2D eigenvalue weighted by molar-refractivity contribution is 6.02. The van der Waals surface area contributed by atoms with Crippen molar-refractivity contribution in [3.8, 4) is 0 Å². The van der Waals surface area contributed by atoms with Gasteiger partial charge in [-0.1, -0.05) is 19.3 Å². The van der Waals surface area contributed by atoms with Crippen molar-refractivity contribution < 1.29 is 14.3 Å². The zero-order valence-corrected chi connectivity index (χ0v) is 17.8. The van der Waals surface area contributed by atoms with E-state index >= 15 is 0 Å². The standard InChI is InChI=1S/C23H34N4O3/c28-22(24-16-19-9-6-14-30-19)20-15-18(10-11-21(20)27-12-4-5-13-27)26-23(29)25-17-7-2-1-3-8-17/h10-11,15,17,19H,1-9,12-14,16H2,(H,24,28)(H2,25,26,29)/t19-/m1/s1. The Bertz CT molecular complexity index is 736. The zero-order valence-electron chi connectivity index (χ0n) is 17.8. The highest BCUT2D eigenvalue weighted by Crippen LogP contribution is 2.28. The summed E-state index contributed by atoms with van der Waals surface area (Å²) in [5, 5.41) is 9.03. The van der Waals surface area contributed by atoms with E-state index in [0.29, 0.717) is 17.8 Å². The van der Waals surface area contributed by atoms with Gasteiger partial charge in [-0.2, -0.15) is 0 Å². The van der Waals surface area contributed by atoms with Crippen molar-refractivity contribution >= 4 is 23.3 Å². The molecule has 3 N–H and O–H groups in total. The largest absolute Gasteiger partial charge is 0.376 e. The fraction of sp³-hybridized carbons (Fsp3) is 0.652. The molecule has 2 heterocycles. The molecular formula is C23H34N4O3. The number of nitrogens with one attached hydrogen (secondary N) is 3. The molecule has 1 aliphatic carbocycles. The van der Waals surface area contributed by atoms with Gasteiger partial charge in [0, 0.05) is 43.7 Å². The molecule has 2 aliphatic heterocycles. The summed E-state index contributed by atoms with van der Waals surface area (Å²) in [6.45, 7) is 3.22. The third-order valence-corrected chi connectivity index (χ3v) is 6.40. The van der Waals surface area contributed by atoms with Gasteiger partial charge in [-0.25, -0.2) is 4.79 Å². The first-order valence-electron chi connectivity index (χ1n) is 11.6. The summed E-state index contributed by atoms with van der Waals surface area (Å²) in [6, 6.07) is 5.71. The van der Waals surface area contributed by atoms with Crippen LogP contribution in [0.5, 0.6) is 0 Å². The number of carbonyl (C=O) groups excluding carboxylic acids is 2. The lowest BCUT2D eigenvalue weighted by Crippen LogP contribution is -2.39. The predicted octanol–water partition coefficient (Wildman–Crippen LogP) is 3.65. The number of ether oxygens (including phenoxy) is 1. The normalized spacial score (nSPS) is 22.1. The van der Waals surface area contributed by atoms with Crippen LogP contribution in [0.4, 0.5) is 16.2 Å². The van der Waals surface area contributed by atoms with E-state index in [1.165, 1.54) is 19.3 Å². The van der Waals surface area contributed by atoms with E-state index in [9.17, 15) is 9.59 Å². The number of amides is 3. The van der Waals surface area contributed by atoms with Gasteiger partial charge in [0.05, 0.1) is 11.7 Å². The quantitative estimate of drug-likeness (QED) is 0.664. The molecule has 7 heteroatoms. The lowest BCUT2D eigenvalue weighted by atomic mass is 9.96. The maximum atomic E-state index is 13.0. The Morgan fingerprint density at radius 3 is 2.53 bits per heavy atom. The first kappa shape index (κ1) is 21.0. The molecule has 1 aromatic rings. The van der Waals surface area contributed by atoms with Gasteiger partial charge in [-0.05, 0) is 56.7 Å². The van der Waals surface area contributed by atoms with Crippen molar-refractivity contribution in [1.82, 2.24) is 10.6 Å². The van der Waals surface area contributed by atoms with Gasteiger partial charge in [0.15, 0.2) is 0 Å². The van der Waals surface area contributed by atoms with Crippen LogP contribution in [0, 0.1) is 0 Å². The summed E-state index contributed by atoms with van der Waals surface area (Å²) in [5.74, 6) is -0.108. The first-order valence-corrected chi connectivity index (χ1v) is 11.6. The molecule has 4 rings (SSSR count). The van der Waals surface area contributed by atoms with Gasteiger partial charge in [-0.3, -0.25) is 4.79 Å². The molecule has 0 unspecified atom stereocenters. The zero-order chi connectivity index (χ0) is 20.8. The fourth-order valence-corrected chi connectivity index (χ4v) is 4.74. The van der Waals surface area contributed by atoms with E-state index in [2.05, 4.69) is 20.9 Å². The number of nitrogens with zero attached hydrogens (tertiary/aromatic N) is 1. The molecule has 7 nitrogen and oxygen atoms in total. The van der Waals surface area contributed by atoms with Crippen molar-refractivity contribution in [2.75, 3.05) is 36.5 Å². The topological polar surface area (TPSA) is 82.7 Å². The van der Waals surface area contributed by atoms with Gasteiger partial charge >= 0.3 is 6.03 Å². The highest BCUT2D eigenvalue weighted by Gasteiger charge is 2.23. The summed E-state index contributed by atoms with van der Waals surface area (Å²) in [6.07, 6.45) is 10.1. The molecule has 3 aliphatic rings. The fourth-order valence-electron chi connectivity index (χ4n) is 4.74. The molecule has 30 heavy (non-hydrogen) atoms. The molecule has 3 fully saturated rings. The molecule has 2 saturated heterocycles. The molecule has 0 spiro atoms. The van der Waals surface area contributed by atoms with Crippen LogP contribution in [0.2, 0.25) is 0 Å². The molecular weight excluding hydrogens is 380 g/mol. The average molecular weight is 415 g/mol. The van der Waals surface area contributed by atoms with Crippen molar-refractivity contribution in [3.63, 3.8) is 0 Å². The molecule has 0 aromatic heterocycles. The summed E-state index contributed by atoms with van der Waals surface area (Å²) >= 11 is 0. The van der Waals surface area contributed by atoms with Gasteiger partial charge in [0.25, 0.3) is 5.91 Å². The molecule has 0 radical (unpaired) electrons. The molecule has 1 saturated carbocycles. The minimum Gasteiger partial charge on any atom is -0.376 e. The minimum atomic E-state index is -0.193. The number of hydrogen-bond donors (Lipinski definition) is 3. The number of benzene rings is 1. The molecule has 1 atom stereocenters. The average Bonchev–Trinajstić information content (AvgIpc) is 3.47. The first-order chi connectivity index (χ1) is 14.7. The second-order valence-corrected chi connectivity index (χ2v) is 8.70. The van der Waals surface area contributed by atoms with Crippen molar-refractivity contribution in [2.24, 2.45) is 0 Å². The van der Waals surface area contributed by atoms with E-state index in [1.54, 1.807) is 6.07 Å². The Hall–Kier alpha value is -2.28. The Morgan fingerprint density at radius 1 is 1.00 bits per heavy atom. The lowest BCUT2D eigenvalue weighted by molar-refractivity contribution is 0.0858. The van der Waals surface area contributed by atoms with Crippen LogP contribution in [0.1, 0.15) is 68.1 Å². The summed E-state index contributed by atoms with van der Waals surface area (Å²) in [4.78, 5) is 27.7. The van der Waals surface area contributed by atoms with Crippen LogP contribution in [-0.4, -0.2) is 50.3 Å². The second-order valence-electron chi connectivity index (χ2n) is 8.70. The van der Waals surface area contributed by atoms with E-state index < -0.39 is 0 Å². The number of carbonyl (C=O) groups is 2. The molecule has 0 bridgehead atoms. The minimum absolute atomic E-state index is 0.103. The van der Waals surface area contributed by atoms with Crippen LogP contribution in [0.3, 0.4) is 0 Å². The highest BCUT2D eigenvalue weighted by atomic mass is 16.5. The summed E-state index contributed by atoms with van der Waals surface area (Å²) < 4.78 is 5.63. The van der Waals surface area contributed by atoms with Crippen molar-refractivity contribution in [1.29, 1.82) is 0 Å². The smallest absolute Gasteiger partial charge is 0.319 e. The maximum absolute atomic E-state index is 13.0. The maximum Gasteiger partial charge on any atom is 0.319 e. The van der Waals surface area contributed by atoms with E-state index in [0.717, 1.165) is 63.9 Å². The van der Waals surface area contributed by atoms with Crippen molar-refractivity contribution in [3.05, 3.63) is 23.8 Å². The number of rotatable bonds is 6. The van der Waals surface area contributed by atoms with Gasteiger partial charge in [0.1, 0.15) is 0 Å². The van der Waals surface area contributed by atoms with Crippen LogP contribution in [-0.2, 0) is 4.74 Å². The Morgan fingerprint density at radius 2 is 1.80 bits per heavy atom. The summed E-state index contributed by atoms with van der Waals surface area (Å²) in [5.41, 5.74) is 2.20. The summed E-state index contributed by atoms with van der Waals surface area (Å²) in [7, 11) is 0. The van der Waals surface area contributed by atoms with Crippen LogP contribution in [0.15, 0.2) is 18.2 Å².